The highest BCUT2D eigenvalue weighted by Gasteiger charge is 2.14. The van der Waals surface area contributed by atoms with Gasteiger partial charge in [0, 0.05) is 0 Å². The Labute approximate surface area is 133 Å². The molecule has 0 aliphatic heterocycles. The van der Waals surface area contributed by atoms with E-state index in [4.69, 9.17) is 0 Å². The van der Waals surface area contributed by atoms with E-state index in [0.29, 0.717) is 5.56 Å². The fourth-order valence-corrected chi connectivity index (χ4v) is 2.65. The summed E-state index contributed by atoms with van der Waals surface area (Å²) in [6.07, 6.45) is 1.26. The molecule has 0 saturated heterocycles. The molecule has 0 unspecified atom stereocenters. The molecule has 2 aromatic rings. The highest BCUT2D eigenvalue weighted by molar-refractivity contribution is 7.89. The molecule has 0 aromatic heterocycles. The zero-order chi connectivity index (χ0) is 16.7. The van der Waals surface area contributed by atoms with Crippen molar-refractivity contribution >= 4 is 22.1 Å². The van der Waals surface area contributed by atoms with Crippen LogP contribution in [0.3, 0.4) is 0 Å². The van der Waals surface area contributed by atoms with Gasteiger partial charge >= 0.3 is 0 Å². The number of carbonyl (C=O) groups is 1. The third-order valence-corrected chi connectivity index (χ3v) is 4.14. The molecule has 0 heterocycles. The van der Waals surface area contributed by atoms with Gasteiger partial charge in [0.05, 0.1) is 17.7 Å². The van der Waals surface area contributed by atoms with Crippen molar-refractivity contribution in [1.82, 2.24) is 10.1 Å². The van der Waals surface area contributed by atoms with Crippen molar-refractivity contribution in [3.05, 3.63) is 66.0 Å². The number of halogens is 1. The number of benzene rings is 2. The fourth-order valence-electron chi connectivity index (χ4n) is 1.65. The maximum absolute atomic E-state index is 12.9. The molecule has 2 aromatic carbocycles. The molecule has 23 heavy (non-hydrogen) atoms. The number of hydrogen-bond acceptors (Lipinski definition) is 4. The van der Waals surface area contributed by atoms with Crippen LogP contribution >= 0.6 is 0 Å². The van der Waals surface area contributed by atoms with Crippen LogP contribution in [0.2, 0.25) is 0 Å². The van der Waals surface area contributed by atoms with Crippen LogP contribution in [0, 0.1) is 5.82 Å². The average Bonchev–Trinajstić information content (AvgIpc) is 2.54. The quantitative estimate of drug-likeness (QED) is 0.615. The van der Waals surface area contributed by atoms with Crippen LogP contribution in [0.1, 0.15) is 5.56 Å². The van der Waals surface area contributed by atoms with Crippen molar-refractivity contribution in [3.63, 3.8) is 0 Å². The molecule has 0 aliphatic carbocycles. The van der Waals surface area contributed by atoms with E-state index in [2.05, 4.69) is 15.2 Å². The second kappa shape index (κ2) is 7.61. The smallest absolute Gasteiger partial charge is 0.255 e. The number of hydrazone groups is 1. The van der Waals surface area contributed by atoms with Crippen LogP contribution in [0.5, 0.6) is 0 Å². The van der Waals surface area contributed by atoms with Crippen molar-refractivity contribution in [2.75, 3.05) is 6.54 Å². The zero-order valence-corrected chi connectivity index (χ0v) is 12.8. The number of nitrogens with zero attached hydrogens (tertiary/aromatic N) is 1. The van der Waals surface area contributed by atoms with Crippen molar-refractivity contribution in [1.29, 1.82) is 0 Å². The minimum atomic E-state index is -3.75. The molecule has 120 valence electrons. The molecule has 0 bridgehead atoms. The Bertz CT molecular complexity index is 808. The van der Waals surface area contributed by atoms with Gasteiger partial charge < -0.3 is 0 Å². The molecule has 0 fully saturated rings. The Balaban J connectivity index is 1.86. The lowest BCUT2D eigenvalue weighted by Gasteiger charge is -2.05. The summed E-state index contributed by atoms with van der Waals surface area (Å²) in [6.45, 7) is -0.461. The summed E-state index contributed by atoms with van der Waals surface area (Å²) in [5, 5.41) is 3.63. The summed E-state index contributed by atoms with van der Waals surface area (Å²) in [7, 11) is -3.75. The Hall–Kier alpha value is -2.58. The fraction of sp³-hybridized carbons (Fsp3) is 0.0667. The molecule has 0 atom stereocenters. The second-order valence-electron chi connectivity index (χ2n) is 4.49. The lowest BCUT2D eigenvalue weighted by Crippen LogP contribution is -2.34. The average molecular weight is 335 g/mol. The van der Waals surface area contributed by atoms with Crippen molar-refractivity contribution in [3.8, 4) is 0 Å². The molecule has 0 radical (unpaired) electrons. The summed E-state index contributed by atoms with van der Waals surface area (Å²) in [5.41, 5.74) is 2.62. The van der Waals surface area contributed by atoms with Gasteiger partial charge in [-0.15, -0.1) is 0 Å². The van der Waals surface area contributed by atoms with Crippen LogP contribution in [-0.4, -0.2) is 27.1 Å². The van der Waals surface area contributed by atoms with E-state index in [1.165, 1.54) is 36.5 Å². The van der Waals surface area contributed by atoms with Gasteiger partial charge in [-0.1, -0.05) is 30.3 Å². The normalized spacial score (nSPS) is 11.5. The lowest BCUT2D eigenvalue weighted by atomic mass is 10.2. The van der Waals surface area contributed by atoms with E-state index < -0.39 is 28.3 Å². The Morgan fingerprint density at radius 1 is 1.13 bits per heavy atom. The van der Waals surface area contributed by atoms with Gasteiger partial charge in [0.15, 0.2) is 0 Å². The molecule has 0 aliphatic rings. The molecule has 6 nitrogen and oxygen atoms in total. The van der Waals surface area contributed by atoms with Crippen LogP contribution in [0.15, 0.2) is 64.6 Å². The molecule has 0 saturated carbocycles. The second-order valence-corrected chi connectivity index (χ2v) is 6.25. The summed E-state index contributed by atoms with van der Waals surface area (Å²) in [4.78, 5) is 11.6. The van der Waals surface area contributed by atoms with E-state index in [0.717, 1.165) is 0 Å². The number of nitrogens with one attached hydrogen (secondary N) is 2. The molecule has 2 rings (SSSR count). The topological polar surface area (TPSA) is 87.6 Å². The highest BCUT2D eigenvalue weighted by Crippen LogP contribution is 2.06. The van der Waals surface area contributed by atoms with Crippen molar-refractivity contribution in [2.24, 2.45) is 5.10 Å². The van der Waals surface area contributed by atoms with Crippen LogP contribution in [-0.2, 0) is 14.8 Å². The van der Waals surface area contributed by atoms with E-state index in [9.17, 15) is 17.6 Å². The van der Waals surface area contributed by atoms with Gasteiger partial charge in [-0.05, 0) is 29.8 Å². The van der Waals surface area contributed by atoms with Gasteiger partial charge in [0.25, 0.3) is 5.91 Å². The summed E-state index contributed by atoms with van der Waals surface area (Å²) < 4.78 is 38.9. The third-order valence-electron chi connectivity index (χ3n) is 2.73. The van der Waals surface area contributed by atoms with Crippen LogP contribution < -0.4 is 10.1 Å². The number of carbonyl (C=O) groups excluding carboxylic acids is 1. The minimum absolute atomic E-state index is 0.0658. The summed E-state index contributed by atoms with van der Waals surface area (Å²) in [5.74, 6) is -1.06. The van der Waals surface area contributed by atoms with E-state index in [-0.39, 0.29) is 4.90 Å². The van der Waals surface area contributed by atoms with Gasteiger partial charge in [-0.25, -0.2) is 23.0 Å². The van der Waals surface area contributed by atoms with E-state index in [1.54, 1.807) is 24.3 Å². The molecular formula is C15H14FN3O3S. The van der Waals surface area contributed by atoms with E-state index in [1.807, 2.05) is 0 Å². The molecule has 8 heteroatoms. The van der Waals surface area contributed by atoms with Crippen LogP contribution in [0.25, 0.3) is 0 Å². The number of rotatable bonds is 6. The standard InChI is InChI=1S/C15H14FN3O3S/c16-13-6-4-5-12(9-13)10-17-19-15(20)11-18-23(21,22)14-7-2-1-3-8-14/h1-10,18H,11H2,(H,19,20)/b17-10-. The van der Waals surface area contributed by atoms with Gasteiger partial charge in [-0.2, -0.15) is 5.10 Å². The lowest BCUT2D eigenvalue weighted by molar-refractivity contribution is -0.119. The zero-order valence-electron chi connectivity index (χ0n) is 11.9. The van der Waals surface area contributed by atoms with Gasteiger partial charge in [0.1, 0.15) is 5.82 Å². The predicted octanol–water partition coefficient (Wildman–Crippen LogP) is 1.25. The third kappa shape index (κ3) is 5.28. The summed E-state index contributed by atoms with van der Waals surface area (Å²) in [6, 6.07) is 13.3. The first kappa shape index (κ1) is 16.8. The Morgan fingerprint density at radius 3 is 2.57 bits per heavy atom. The molecule has 1 amide bonds. The Morgan fingerprint density at radius 2 is 1.87 bits per heavy atom. The highest BCUT2D eigenvalue weighted by atomic mass is 32.2. The number of sulfonamides is 1. The maximum Gasteiger partial charge on any atom is 0.255 e. The molecule has 2 N–H and O–H groups in total. The van der Waals surface area contributed by atoms with Gasteiger partial charge in [0.2, 0.25) is 10.0 Å². The summed E-state index contributed by atoms with van der Waals surface area (Å²) >= 11 is 0. The molecule has 0 spiro atoms. The first-order valence-corrected chi connectivity index (χ1v) is 8.08. The molecular weight excluding hydrogens is 321 g/mol. The monoisotopic (exact) mass is 335 g/mol. The first-order valence-electron chi connectivity index (χ1n) is 6.59. The predicted molar refractivity (Wildman–Crippen MR) is 83.8 cm³/mol. The minimum Gasteiger partial charge on any atom is -0.272 e. The van der Waals surface area contributed by atoms with E-state index >= 15 is 0 Å². The largest absolute Gasteiger partial charge is 0.272 e. The van der Waals surface area contributed by atoms with Crippen molar-refractivity contribution < 1.29 is 17.6 Å². The first-order chi connectivity index (χ1) is 11.0. The number of hydrogen-bond donors (Lipinski definition) is 2. The van der Waals surface area contributed by atoms with Gasteiger partial charge in [-0.3, -0.25) is 4.79 Å². The SMILES string of the molecule is O=C(CNS(=O)(=O)c1ccccc1)N/N=C\c1cccc(F)c1. The van der Waals surface area contributed by atoms with Crippen molar-refractivity contribution in [2.45, 2.75) is 4.90 Å². The Kier molecular flexibility index (Phi) is 5.56. The van der Waals surface area contributed by atoms with Crippen LogP contribution in [0.4, 0.5) is 4.39 Å². The maximum atomic E-state index is 12.9. The number of amides is 1.